The second-order valence-corrected chi connectivity index (χ2v) is 8.19. The number of nitrogen functional groups attached to an aromatic ring is 1. The van der Waals surface area contributed by atoms with Gasteiger partial charge in [-0.3, -0.25) is 9.59 Å². The molecule has 1 atom stereocenters. The number of methoxy groups -OCH3 is 1. The molecule has 1 aromatic heterocycles. The number of benzene rings is 2. The maximum absolute atomic E-state index is 12.5. The third kappa shape index (κ3) is 7.38. The molecular weight excluding hydrogens is 494 g/mol. The minimum atomic E-state index is -0.691. The van der Waals surface area contributed by atoms with Crippen molar-refractivity contribution >= 4 is 17.6 Å². The maximum atomic E-state index is 12.5. The maximum Gasteiger partial charge on any atom is 0.255 e. The standard InChI is InChI=1S/C24H25N5O4.C4H6.C2H6/c1-33-19-8-3-2-5-16(19)24(32)27-13-14-9-11-15(12-10-14)21-20(23(26)31)22(25)29(28-21)17-6-4-7-18(17)30;1-3-4-2;1-2/h2-3,5,7-12,17,30H,4,6,13,25H2,1H3,(H2,26,31)(H,27,32);3-4H,1-2H2;1-2H3. The van der Waals surface area contributed by atoms with E-state index in [2.05, 4.69) is 23.6 Å². The van der Waals surface area contributed by atoms with Crippen molar-refractivity contribution in [2.45, 2.75) is 39.3 Å². The van der Waals surface area contributed by atoms with Crippen LogP contribution in [0.3, 0.4) is 0 Å². The first-order valence-corrected chi connectivity index (χ1v) is 12.6. The molecule has 1 unspecified atom stereocenters. The van der Waals surface area contributed by atoms with E-state index in [4.69, 9.17) is 16.2 Å². The van der Waals surface area contributed by atoms with Gasteiger partial charge in [-0.05, 0) is 36.6 Å². The highest BCUT2D eigenvalue weighted by Gasteiger charge is 2.29. The van der Waals surface area contributed by atoms with Crippen LogP contribution in [-0.2, 0) is 6.54 Å². The summed E-state index contributed by atoms with van der Waals surface area (Å²) in [6.07, 6.45) is 6.33. The van der Waals surface area contributed by atoms with Crippen LogP contribution in [0, 0.1) is 0 Å². The lowest BCUT2D eigenvalue weighted by Gasteiger charge is -2.13. The molecule has 9 heteroatoms. The van der Waals surface area contributed by atoms with Gasteiger partial charge in [0.15, 0.2) is 0 Å². The SMILES string of the molecule is C=CC=C.CC.COc1ccccc1C(=O)NCc1ccc(-c2nn(C3CCC=C3O)c(N)c2C(N)=O)cc1. The Kier molecular flexibility index (Phi) is 11.6. The van der Waals surface area contributed by atoms with E-state index < -0.39 is 11.9 Å². The summed E-state index contributed by atoms with van der Waals surface area (Å²) in [7, 11) is 1.52. The minimum absolute atomic E-state index is 0.118. The molecule has 1 aliphatic rings. The summed E-state index contributed by atoms with van der Waals surface area (Å²) in [4.78, 5) is 24.6. The van der Waals surface area contributed by atoms with Crippen LogP contribution in [0.2, 0.25) is 0 Å². The van der Waals surface area contributed by atoms with Crippen LogP contribution in [0.5, 0.6) is 5.75 Å². The van der Waals surface area contributed by atoms with E-state index in [1.807, 2.05) is 26.0 Å². The summed E-state index contributed by atoms with van der Waals surface area (Å²) < 4.78 is 6.69. The fourth-order valence-electron chi connectivity index (χ4n) is 3.94. The van der Waals surface area contributed by atoms with Gasteiger partial charge >= 0.3 is 0 Å². The van der Waals surface area contributed by atoms with E-state index in [9.17, 15) is 14.7 Å². The molecule has 2 aromatic carbocycles. The Morgan fingerprint density at radius 1 is 1.15 bits per heavy atom. The number of aliphatic hydroxyl groups excluding tert-OH is 1. The van der Waals surface area contributed by atoms with Crippen LogP contribution in [0.25, 0.3) is 11.3 Å². The number of anilines is 1. The number of ether oxygens (including phenoxy) is 1. The average molecular weight is 532 g/mol. The highest BCUT2D eigenvalue weighted by molar-refractivity contribution is 6.03. The Morgan fingerprint density at radius 3 is 2.33 bits per heavy atom. The molecule has 2 amide bonds. The zero-order valence-corrected chi connectivity index (χ0v) is 22.7. The lowest BCUT2D eigenvalue weighted by molar-refractivity contribution is 0.0946. The first-order chi connectivity index (χ1) is 18.8. The monoisotopic (exact) mass is 531 g/mol. The van der Waals surface area contributed by atoms with Gasteiger partial charge in [-0.2, -0.15) is 5.10 Å². The molecule has 3 aromatic rings. The van der Waals surface area contributed by atoms with Gasteiger partial charge in [-0.15, -0.1) is 0 Å². The van der Waals surface area contributed by atoms with Crippen molar-refractivity contribution in [1.29, 1.82) is 0 Å². The van der Waals surface area contributed by atoms with E-state index in [0.29, 0.717) is 42.0 Å². The second kappa shape index (κ2) is 14.8. The van der Waals surface area contributed by atoms with Crippen molar-refractivity contribution in [3.05, 3.63) is 102 Å². The summed E-state index contributed by atoms with van der Waals surface area (Å²) in [5.41, 5.74) is 14.2. The quantitative estimate of drug-likeness (QED) is 0.289. The largest absolute Gasteiger partial charge is 0.510 e. The number of aliphatic hydroxyl groups is 1. The van der Waals surface area contributed by atoms with Gasteiger partial charge in [0.2, 0.25) is 0 Å². The van der Waals surface area contributed by atoms with Crippen molar-refractivity contribution in [2.24, 2.45) is 5.73 Å². The molecule has 1 aliphatic carbocycles. The van der Waals surface area contributed by atoms with Gasteiger partial charge in [-0.25, -0.2) is 4.68 Å². The number of nitrogens with zero attached hydrogens (tertiary/aromatic N) is 2. The molecule has 39 heavy (non-hydrogen) atoms. The van der Waals surface area contributed by atoms with Gasteiger partial charge < -0.3 is 26.6 Å². The normalized spacial score (nSPS) is 13.5. The molecule has 4 rings (SSSR count). The van der Waals surface area contributed by atoms with Gasteiger partial charge in [0.1, 0.15) is 34.6 Å². The van der Waals surface area contributed by atoms with Crippen LogP contribution in [0.4, 0.5) is 5.82 Å². The fraction of sp³-hybridized carbons (Fsp3) is 0.233. The van der Waals surface area contributed by atoms with Crippen LogP contribution >= 0.6 is 0 Å². The molecule has 0 saturated heterocycles. The number of aromatic nitrogens is 2. The smallest absolute Gasteiger partial charge is 0.255 e. The van der Waals surface area contributed by atoms with Crippen molar-refractivity contribution in [1.82, 2.24) is 15.1 Å². The van der Waals surface area contributed by atoms with Gasteiger partial charge in [0.25, 0.3) is 11.8 Å². The molecule has 0 fully saturated rings. The second-order valence-electron chi connectivity index (χ2n) is 8.19. The summed E-state index contributed by atoms with van der Waals surface area (Å²) in [5, 5.41) is 17.5. The topological polar surface area (TPSA) is 145 Å². The van der Waals surface area contributed by atoms with E-state index in [1.165, 1.54) is 11.8 Å². The number of nitrogens with one attached hydrogen (secondary N) is 1. The fourth-order valence-corrected chi connectivity index (χ4v) is 3.94. The lowest BCUT2D eigenvalue weighted by Crippen LogP contribution is -2.23. The highest BCUT2D eigenvalue weighted by Crippen LogP contribution is 2.35. The summed E-state index contributed by atoms with van der Waals surface area (Å²) in [6, 6.07) is 13.8. The van der Waals surface area contributed by atoms with Gasteiger partial charge in [-0.1, -0.05) is 75.6 Å². The first kappa shape index (κ1) is 30.4. The number of hydrogen-bond donors (Lipinski definition) is 4. The third-order valence-corrected chi connectivity index (χ3v) is 5.82. The Labute approximate surface area is 229 Å². The van der Waals surface area contributed by atoms with E-state index in [1.54, 1.807) is 54.6 Å². The van der Waals surface area contributed by atoms with Crippen molar-refractivity contribution in [2.75, 3.05) is 12.8 Å². The summed E-state index contributed by atoms with van der Waals surface area (Å²) in [6.45, 7) is 11.0. The van der Waals surface area contributed by atoms with E-state index in [0.717, 1.165) is 5.56 Å². The number of amides is 2. The van der Waals surface area contributed by atoms with Crippen molar-refractivity contribution < 1.29 is 19.4 Å². The first-order valence-electron chi connectivity index (χ1n) is 12.6. The molecule has 0 bridgehead atoms. The molecule has 9 nitrogen and oxygen atoms in total. The lowest BCUT2D eigenvalue weighted by atomic mass is 10.0. The number of nitrogens with two attached hydrogens (primary N) is 2. The average Bonchev–Trinajstić information content (AvgIpc) is 3.55. The van der Waals surface area contributed by atoms with Gasteiger partial charge in [0.05, 0.1) is 12.7 Å². The Bertz CT molecular complexity index is 1320. The number of carbonyl (C=O) groups excluding carboxylic acids is 2. The third-order valence-electron chi connectivity index (χ3n) is 5.82. The number of carbonyl (C=O) groups is 2. The van der Waals surface area contributed by atoms with Crippen molar-refractivity contribution in [3.8, 4) is 17.0 Å². The van der Waals surface area contributed by atoms with Crippen LogP contribution < -0.4 is 21.5 Å². The Hall–Kier alpha value is -4.79. The molecule has 0 radical (unpaired) electrons. The molecule has 1 heterocycles. The molecule has 0 spiro atoms. The predicted molar refractivity (Wildman–Crippen MR) is 155 cm³/mol. The molecule has 0 aliphatic heterocycles. The molecular formula is C30H37N5O4. The van der Waals surface area contributed by atoms with Crippen molar-refractivity contribution in [3.63, 3.8) is 0 Å². The zero-order chi connectivity index (χ0) is 28.9. The van der Waals surface area contributed by atoms with Crippen LogP contribution in [-0.4, -0.2) is 33.8 Å². The molecule has 206 valence electrons. The number of hydrogen-bond acceptors (Lipinski definition) is 6. The summed E-state index contributed by atoms with van der Waals surface area (Å²) >= 11 is 0. The van der Waals surface area contributed by atoms with Gasteiger partial charge in [0, 0.05) is 12.1 Å². The summed E-state index contributed by atoms with van der Waals surface area (Å²) in [5.74, 6) is -0.141. The highest BCUT2D eigenvalue weighted by atomic mass is 16.5. The Balaban J connectivity index is 0.000000815. The number of allylic oxidation sites excluding steroid dienone is 4. The van der Waals surface area contributed by atoms with Crippen LogP contribution in [0.1, 0.15) is 59.0 Å². The molecule has 6 N–H and O–H groups in total. The van der Waals surface area contributed by atoms with E-state index in [-0.39, 0.29) is 23.0 Å². The number of para-hydroxylation sites is 1. The van der Waals surface area contributed by atoms with Crippen LogP contribution in [0.15, 0.2) is 85.7 Å². The minimum Gasteiger partial charge on any atom is -0.510 e. The number of primary amides is 1. The molecule has 0 saturated carbocycles. The van der Waals surface area contributed by atoms with E-state index >= 15 is 0 Å². The zero-order valence-electron chi connectivity index (χ0n) is 22.7. The Morgan fingerprint density at radius 2 is 1.79 bits per heavy atom. The predicted octanol–water partition coefficient (Wildman–Crippen LogP) is 5.33. The number of rotatable bonds is 8.